The lowest BCUT2D eigenvalue weighted by Gasteiger charge is -2.12. The Morgan fingerprint density at radius 3 is 2.91 bits per heavy atom. The highest BCUT2D eigenvalue weighted by Gasteiger charge is 2.13. The molecule has 0 bridgehead atoms. The van der Waals surface area contributed by atoms with Crippen molar-refractivity contribution < 1.29 is 15.0 Å². The quantitative estimate of drug-likeness (QED) is 0.893. The van der Waals surface area contributed by atoms with Crippen LogP contribution >= 0.6 is 0 Å². The number of carbonyl (C=O) groups excluding carboxylic acids is 1. The number of rotatable bonds is 3. The van der Waals surface area contributed by atoms with E-state index in [0.29, 0.717) is 5.56 Å². The van der Waals surface area contributed by atoms with Crippen molar-refractivity contribution in [2.24, 2.45) is 0 Å². The van der Waals surface area contributed by atoms with E-state index in [1.54, 1.807) is 6.07 Å². The molecule has 0 aromatic heterocycles. The molecule has 0 unspecified atom stereocenters. The molecule has 23 heavy (non-hydrogen) atoms. The third kappa shape index (κ3) is 3.16. The van der Waals surface area contributed by atoms with Gasteiger partial charge in [0, 0.05) is 24.7 Å². The second-order valence-corrected chi connectivity index (χ2v) is 5.68. The number of halogens is 2. The maximum atomic E-state index is 13.9. The Morgan fingerprint density at radius 2 is 2.09 bits per heavy atom. The summed E-state index contributed by atoms with van der Waals surface area (Å²) in [7, 11) is 0. The molecule has 1 amide bonds. The average Bonchev–Trinajstić information content (AvgIpc) is 2.58. The first-order chi connectivity index (χ1) is 11.1. The van der Waals surface area contributed by atoms with Gasteiger partial charge in [-0.05, 0) is 49.1 Å². The maximum Gasteiger partial charge on any atom is 0.251 e. The molecule has 2 nitrogen and oxygen atoms in total. The van der Waals surface area contributed by atoms with Crippen LogP contribution in [-0.2, 0) is 13.0 Å². The van der Waals surface area contributed by atoms with Gasteiger partial charge in [0.05, 0.1) is 0 Å². The van der Waals surface area contributed by atoms with Gasteiger partial charge in [-0.25, -0.2) is 8.78 Å². The van der Waals surface area contributed by atoms with Crippen molar-refractivity contribution in [1.82, 2.24) is 5.32 Å². The number of amides is 1. The van der Waals surface area contributed by atoms with Crippen molar-refractivity contribution in [2.75, 3.05) is 0 Å². The number of fused-ring (bicyclic) bond motifs is 1. The summed E-state index contributed by atoms with van der Waals surface area (Å²) in [6.07, 6.45) is 6.09. The molecule has 1 aliphatic carbocycles. The summed E-state index contributed by atoms with van der Waals surface area (Å²) >= 11 is 0. The van der Waals surface area contributed by atoms with E-state index in [1.807, 2.05) is 18.2 Å². The highest BCUT2D eigenvalue weighted by Crippen LogP contribution is 2.21. The van der Waals surface area contributed by atoms with Crippen molar-refractivity contribution in [3.8, 4) is 0 Å². The van der Waals surface area contributed by atoms with Crippen molar-refractivity contribution in [3.05, 3.63) is 75.9 Å². The fourth-order valence-corrected chi connectivity index (χ4v) is 2.70. The lowest BCUT2D eigenvalue weighted by Crippen LogP contribution is -2.23. The lowest BCUT2D eigenvalue weighted by atomic mass is 9.95. The molecule has 0 aliphatic heterocycles. The molecule has 2 aromatic carbocycles. The summed E-state index contributed by atoms with van der Waals surface area (Å²) < 4.78 is 27.2. The topological polar surface area (TPSA) is 29.1 Å². The molecule has 0 radical (unpaired) electrons. The number of nitrogens with one attached hydrogen (secondary N) is 1. The zero-order chi connectivity index (χ0) is 16.4. The monoisotopic (exact) mass is 315 g/mol. The Labute approximate surface area is 135 Å². The normalized spacial score (nSPS) is 12.8. The molecule has 2 aromatic rings. The van der Waals surface area contributed by atoms with Gasteiger partial charge < -0.3 is 5.32 Å². The molecular formula is C19H19F2NO. The van der Waals surface area contributed by atoms with E-state index in [-0.39, 0.29) is 25.0 Å². The van der Waals surface area contributed by atoms with Crippen molar-refractivity contribution in [1.29, 1.82) is 0 Å². The fourth-order valence-electron chi connectivity index (χ4n) is 2.70. The summed E-state index contributed by atoms with van der Waals surface area (Å²) in [6, 6.07) is 8.14. The Bertz CT molecular complexity index is 802. The van der Waals surface area contributed by atoms with Gasteiger partial charge in [-0.2, -0.15) is 0 Å². The van der Waals surface area contributed by atoms with E-state index >= 15 is 0 Å². The van der Waals surface area contributed by atoms with Crippen LogP contribution in [0.4, 0.5) is 8.78 Å². The number of benzene rings is 2. The Balaban J connectivity index is 0.00000208. The SMILES string of the molecule is Cc1c(F)ccc(CNC(=O)c2ccc3c(c2)C=CCC3)c1F.[HH]. The summed E-state index contributed by atoms with van der Waals surface area (Å²) in [5.74, 6) is -1.47. The Kier molecular flexibility index (Phi) is 4.24. The number of hydrogen-bond acceptors (Lipinski definition) is 1. The van der Waals surface area contributed by atoms with Gasteiger partial charge in [0.1, 0.15) is 11.6 Å². The van der Waals surface area contributed by atoms with Gasteiger partial charge in [0.25, 0.3) is 5.91 Å². The molecule has 1 aliphatic rings. The third-order valence-corrected chi connectivity index (χ3v) is 4.13. The Hall–Kier alpha value is -2.49. The summed E-state index contributed by atoms with van der Waals surface area (Å²) in [5, 5.41) is 2.68. The minimum atomic E-state index is -0.612. The Morgan fingerprint density at radius 1 is 1.26 bits per heavy atom. The number of carbonyl (C=O) groups is 1. The molecule has 3 rings (SSSR count). The minimum absolute atomic E-state index is 0. The lowest BCUT2D eigenvalue weighted by molar-refractivity contribution is 0.0950. The van der Waals surface area contributed by atoms with E-state index in [1.165, 1.54) is 24.6 Å². The molecule has 1 N–H and O–H groups in total. The largest absolute Gasteiger partial charge is 0.348 e. The third-order valence-electron chi connectivity index (χ3n) is 4.13. The van der Waals surface area contributed by atoms with Gasteiger partial charge >= 0.3 is 0 Å². The molecule has 0 spiro atoms. The highest BCUT2D eigenvalue weighted by atomic mass is 19.1. The fraction of sp³-hybridized carbons (Fsp3) is 0.211. The van der Waals surface area contributed by atoms with E-state index in [0.717, 1.165) is 18.4 Å². The molecular weight excluding hydrogens is 296 g/mol. The van der Waals surface area contributed by atoms with Crippen molar-refractivity contribution in [2.45, 2.75) is 26.3 Å². The summed E-state index contributed by atoms with van der Waals surface area (Å²) in [6.45, 7) is 1.41. The number of aryl methyl sites for hydroxylation is 1. The second-order valence-electron chi connectivity index (χ2n) is 5.68. The zero-order valence-corrected chi connectivity index (χ0v) is 12.8. The average molecular weight is 315 g/mol. The molecule has 0 fully saturated rings. The van der Waals surface area contributed by atoms with Crippen LogP contribution in [-0.4, -0.2) is 5.91 Å². The van der Waals surface area contributed by atoms with Crippen LogP contribution in [0.3, 0.4) is 0 Å². The van der Waals surface area contributed by atoms with Crippen LogP contribution < -0.4 is 5.32 Å². The van der Waals surface area contributed by atoms with Gasteiger partial charge in [0.2, 0.25) is 0 Å². The van der Waals surface area contributed by atoms with Gasteiger partial charge in [-0.1, -0.05) is 24.3 Å². The first-order valence-electron chi connectivity index (χ1n) is 7.57. The molecule has 0 heterocycles. The van der Waals surface area contributed by atoms with E-state index < -0.39 is 11.6 Å². The standard InChI is InChI=1S/C19H17F2NO.H2/c1-12-17(20)9-8-16(18(12)21)11-22-19(23)15-7-6-13-4-2-3-5-14(13)10-15;/h3,5-10H,2,4,11H2,1H3,(H,22,23);1H. The summed E-state index contributed by atoms with van der Waals surface area (Å²) in [5.41, 5.74) is 3.05. The van der Waals surface area contributed by atoms with Gasteiger partial charge in [-0.3, -0.25) is 4.79 Å². The summed E-state index contributed by atoms with van der Waals surface area (Å²) in [4.78, 5) is 12.2. The van der Waals surface area contributed by atoms with Crippen LogP contribution in [0.5, 0.6) is 0 Å². The van der Waals surface area contributed by atoms with E-state index in [9.17, 15) is 13.6 Å². The van der Waals surface area contributed by atoms with Crippen LogP contribution in [0, 0.1) is 18.6 Å². The minimum Gasteiger partial charge on any atom is -0.348 e. The predicted molar refractivity (Wildman–Crippen MR) is 88.2 cm³/mol. The zero-order valence-electron chi connectivity index (χ0n) is 12.8. The van der Waals surface area contributed by atoms with Crippen LogP contribution in [0.15, 0.2) is 36.4 Å². The van der Waals surface area contributed by atoms with Crippen LogP contribution in [0.2, 0.25) is 0 Å². The second kappa shape index (κ2) is 6.32. The first kappa shape index (κ1) is 15.4. The van der Waals surface area contributed by atoms with Crippen LogP contribution in [0.1, 0.15) is 40.5 Å². The van der Waals surface area contributed by atoms with Crippen molar-refractivity contribution >= 4 is 12.0 Å². The molecule has 0 atom stereocenters. The molecule has 4 heteroatoms. The smallest absolute Gasteiger partial charge is 0.251 e. The highest BCUT2D eigenvalue weighted by molar-refractivity contribution is 5.95. The molecule has 120 valence electrons. The van der Waals surface area contributed by atoms with E-state index in [4.69, 9.17) is 0 Å². The van der Waals surface area contributed by atoms with E-state index in [2.05, 4.69) is 11.4 Å². The molecule has 0 saturated heterocycles. The maximum absolute atomic E-state index is 13.9. The molecule has 0 saturated carbocycles. The number of allylic oxidation sites excluding steroid dienone is 1. The van der Waals surface area contributed by atoms with Crippen LogP contribution in [0.25, 0.3) is 6.08 Å². The first-order valence-corrected chi connectivity index (χ1v) is 7.57. The van der Waals surface area contributed by atoms with Crippen molar-refractivity contribution in [3.63, 3.8) is 0 Å². The number of hydrogen-bond donors (Lipinski definition) is 1. The van der Waals surface area contributed by atoms with Gasteiger partial charge in [-0.15, -0.1) is 0 Å². The van der Waals surface area contributed by atoms with Gasteiger partial charge in [0.15, 0.2) is 0 Å². The predicted octanol–water partition coefficient (Wildman–Crippen LogP) is 4.41.